The van der Waals surface area contributed by atoms with Gasteiger partial charge in [-0.1, -0.05) is 19.1 Å². The van der Waals surface area contributed by atoms with Crippen molar-refractivity contribution in [1.82, 2.24) is 0 Å². The van der Waals surface area contributed by atoms with Gasteiger partial charge in [-0.3, -0.25) is 4.79 Å². The highest BCUT2D eigenvalue weighted by atomic mass is 16.5. The van der Waals surface area contributed by atoms with Gasteiger partial charge in [-0.05, 0) is 19.1 Å². The van der Waals surface area contributed by atoms with Crippen LogP contribution in [0.1, 0.15) is 13.8 Å². The zero-order chi connectivity index (χ0) is 12.4. The Morgan fingerprint density at radius 3 is 2.88 bits per heavy atom. The number of hydrogen-bond acceptors (Lipinski definition) is 3. The van der Waals surface area contributed by atoms with Gasteiger partial charge in [-0.2, -0.15) is 0 Å². The highest BCUT2D eigenvalue weighted by molar-refractivity contribution is 6.00. The second-order valence-electron chi connectivity index (χ2n) is 4.29. The summed E-state index contributed by atoms with van der Waals surface area (Å²) in [6.07, 6.45) is 0.361. The van der Waals surface area contributed by atoms with Crippen molar-refractivity contribution in [3.8, 4) is 5.75 Å². The van der Waals surface area contributed by atoms with E-state index >= 15 is 0 Å². The molecule has 2 rings (SSSR count). The highest BCUT2D eigenvalue weighted by Gasteiger charge is 2.31. The Hall–Kier alpha value is -1.84. The normalized spacial score (nSPS) is 20.5. The zero-order valence-electron chi connectivity index (χ0n) is 9.92. The van der Waals surface area contributed by atoms with E-state index in [0.29, 0.717) is 12.3 Å². The first-order chi connectivity index (χ1) is 8.13. The van der Waals surface area contributed by atoms with Crippen molar-refractivity contribution in [2.24, 2.45) is 5.92 Å². The van der Waals surface area contributed by atoms with E-state index in [1.54, 1.807) is 18.7 Å². The lowest BCUT2D eigenvalue weighted by atomic mass is 10.1. The van der Waals surface area contributed by atoms with Crippen molar-refractivity contribution in [2.75, 3.05) is 11.4 Å². The van der Waals surface area contributed by atoms with Gasteiger partial charge < -0.3 is 14.4 Å². The number of fused-ring (bicyclic) bond motifs is 1. The van der Waals surface area contributed by atoms with E-state index in [1.807, 2.05) is 24.3 Å². The number of anilines is 1. The van der Waals surface area contributed by atoms with E-state index in [4.69, 9.17) is 4.74 Å². The molecule has 0 fully saturated rings. The number of hydrogen-bond donors (Lipinski definition) is 0. The first kappa shape index (κ1) is 11.6. The van der Waals surface area contributed by atoms with Crippen LogP contribution in [0.15, 0.2) is 24.3 Å². The molecule has 1 aliphatic heterocycles. The van der Waals surface area contributed by atoms with Crippen LogP contribution in [0.2, 0.25) is 0 Å². The van der Waals surface area contributed by atoms with Crippen LogP contribution in [0.25, 0.3) is 0 Å². The molecule has 1 aliphatic rings. The molecule has 0 saturated heterocycles. The largest absolute Gasteiger partial charge is 0.479 e. The fourth-order valence-corrected chi connectivity index (χ4v) is 1.88. The van der Waals surface area contributed by atoms with Crippen LogP contribution in [-0.2, 0) is 9.59 Å². The summed E-state index contributed by atoms with van der Waals surface area (Å²) in [7, 11) is 0. The van der Waals surface area contributed by atoms with Crippen LogP contribution in [0.5, 0.6) is 5.75 Å². The number of benzene rings is 1. The van der Waals surface area contributed by atoms with Crippen molar-refractivity contribution >= 4 is 17.9 Å². The molecule has 0 N–H and O–H groups in total. The summed E-state index contributed by atoms with van der Waals surface area (Å²) in [6.45, 7) is 3.91. The summed E-state index contributed by atoms with van der Waals surface area (Å²) in [5.74, 6) is 0.410. The molecule has 0 radical (unpaired) electrons. The van der Waals surface area contributed by atoms with Crippen molar-refractivity contribution in [2.45, 2.75) is 20.0 Å². The molecule has 1 aromatic rings. The van der Waals surface area contributed by atoms with Gasteiger partial charge in [0.1, 0.15) is 12.0 Å². The summed E-state index contributed by atoms with van der Waals surface area (Å²) in [5.41, 5.74) is 0.740. The molecule has 1 aromatic carbocycles. The number of carbonyl (C=O) groups excluding carboxylic acids is 2. The van der Waals surface area contributed by atoms with Crippen LogP contribution < -0.4 is 9.64 Å². The number of carbonyl (C=O) groups is 2. The maximum atomic E-state index is 12.0. The van der Waals surface area contributed by atoms with Gasteiger partial charge in [0.05, 0.1) is 5.69 Å². The van der Waals surface area contributed by atoms with Gasteiger partial charge in [0, 0.05) is 12.5 Å². The lowest BCUT2D eigenvalue weighted by Gasteiger charge is -2.33. The molecule has 1 amide bonds. The quantitative estimate of drug-likeness (QED) is 0.745. The van der Waals surface area contributed by atoms with E-state index in [1.165, 1.54) is 0 Å². The van der Waals surface area contributed by atoms with E-state index < -0.39 is 6.10 Å². The molecule has 0 spiro atoms. The maximum absolute atomic E-state index is 12.0. The van der Waals surface area contributed by atoms with Crippen molar-refractivity contribution in [3.63, 3.8) is 0 Å². The second kappa shape index (κ2) is 4.57. The number of rotatable bonds is 3. The van der Waals surface area contributed by atoms with Gasteiger partial charge in [-0.15, -0.1) is 0 Å². The third-order valence-corrected chi connectivity index (χ3v) is 2.78. The first-order valence-electron chi connectivity index (χ1n) is 5.66. The maximum Gasteiger partial charge on any atom is 0.267 e. The monoisotopic (exact) mass is 233 g/mol. The van der Waals surface area contributed by atoms with Crippen molar-refractivity contribution in [3.05, 3.63) is 24.3 Å². The topological polar surface area (TPSA) is 46.6 Å². The Morgan fingerprint density at radius 2 is 2.18 bits per heavy atom. The Bertz CT molecular complexity index is 444. The molecular formula is C13H15NO3. The number of ether oxygens (including phenoxy) is 1. The molecule has 0 aliphatic carbocycles. The average molecular weight is 233 g/mol. The van der Waals surface area contributed by atoms with E-state index in [0.717, 1.165) is 12.0 Å². The summed E-state index contributed by atoms with van der Waals surface area (Å²) < 4.78 is 5.51. The Balaban J connectivity index is 2.35. The number of aldehydes is 1. The molecule has 4 heteroatoms. The number of nitrogens with zero attached hydrogens (tertiary/aromatic N) is 1. The third kappa shape index (κ3) is 2.16. The van der Waals surface area contributed by atoms with Crippen LogP contribution >= 0.6 is 0 Å². The van der Waals surface area contributed by atoms with Gasteiger partial charge in [0.15, 0.2) is 6.10 Å². The fraction of sp³-hybridized carbons (Fsp3) is 0.385. The van der Waals surface area contributed by atoms with Gasteiger partial charge >= 0.3 is 0 Å². The predicted octanol–water partition coefficient (Wildman–Crippen LogP) is 1.64. The van der Waals surface area contributed by atoms with E-state index in [9.17, 15) is 9.59 Å². The van der Waals surface area contributed by atoms with Gasteiger partial charge in [0.2, 0.25) is 0 Å². The smallest absolute Gasteiger partial charge is 0.267 e. The Kier molecular flexibility index (Phi) is 3.13. The second-order valence-corrected chi connectivity index (χ2v) is 4.29. The lowest BCUT2D eigenvalue weighted by Crippen LogP contribution is -2.46. The highest BCUT2D eigenvalue weighted by Crippen LogP contribution is 2.33. The molecule has 0 bridgehead atoms. The lowest BCUT2D eigenvalue weighted by molar-refractivity contribution is -0.125. The number of para-hydroxylation sites is 2. The summed E-state index contributed by atoms with van der Waals surface area (Å²) >= 11 is 0. The van der Waals surface area contributed by atoms with E-state index in [-0.39, 0.29) is 11.8 Å². The van der Waals surface area contributed by atoms with Gasteiger partial charge in [-0.25, -0.2) is 0 Å². The van der Waals surface area contributed by atoms with Crippen molar-refractivity contribution < 1.29 is 14.3 Å². The summed E-state index contributed by atoms with van der Waals surface area (Å²) in [4.78, 5) is 24.4. The summed E-state index contributed by atoms with van der Waals surface area (Å²) in [5, 5.41) is 0. The molecule has 2 atom stereocenters. The van der Waals surface area contributed by atoms with Crippen LogP contribution in [-0.4, -0.2) is 24.8 Å². The molecule has 90 valence electrons. The van der Waals surface area contributed by atoms with Gasteiger partial charge in [0.25, 0.3) is 5.91 Å². The fourth-order valence-electron chi connectivity index (χ4n) is 1.88. The molecule has 17 heavy (non-hydrogen) atoms. The Labute approximate surface area is 100 Å². The molecule has 2 unspecified atom stereocenters. The minimum absolute atomic E-state index is 0.0996. The number of amides is 1. The minimum Gasteiger partial charge on any atom is -0.479 e. The molecular weight excluding hydrogens is 218 g/mol. The SMILES string of the molecule is CC(C=O)CN1C(=O)C(C)Oc2ccccc21. The molecule has 1 heterocycles. The average Bonchev–Trinajstić information content (AvgIpc) is 2.34. The van der Waals surface area contributed by atoms with Crippen molar-refractivity contribution in [1.29, 1.82) is 0 Å². The molecule has 0 aromatic heterocycles. The van der Waals surface area contributed by atoms with Crippen LogP contribution in [0.3, 0.4) is 0 Å². The van der Waals surface area contributed by atoms with Crippen LogP contribution in [0, 0.1) is 5.92 Å². The standard InChI is InChI=1S/C13H15NO3/c1-9(8-15)7-14-11-5-3-4-6-12(11)17-10(2)13(14)16/h3-6,8-10H,7H2,1-2H3. The van der Waals surface area contributed by atoms with E-state index in [2.05, 4.69) is 0 Å². The summed E-state index contributed by atoms with van der Waals surface area (Å²) in [6, 6.07) is 7.38. The minimum atomic E-state index is -0.497. The van der Waals surface area contributed by atoms with Crippen LogP contribution in [0.4, 0.5) is 5.69 Å². The zero-order valence-corrected chi connectivity index (χ0v) is 9.92. The third-order valence-electron chi connectivity index (χ3n) is 2.78. The molecule has 4 nitrogen and oxygen atoms in total. The Morgan fingerprint density at radius 1 is 1.47 bits per heavy atom. The molecule has 0 saturated carbocycles. The predicted molar refractivity (Wildman–Crippen MR) is 64.1 cm³/mol. The first-order valence-corrected chi connectivity index (χ1v) is 5.66.